The maximum absolute atomic E-state index is 12.1. The van der Waals surface area contributed by atoms with Crippen LogP contribution < -0.4 is 5.56 Å². The van der Waals surface area contributed by atoms with Crippen LogP contribution in [0.3, 0.4) is 0 Å². The van der Waals surface area contributed by atoms with Gasteiger partial charge in [-0.05, 0) is 18.6 Å². The third-order valence-electron chi connectivity index (χ3n) is 2.77. The van der Waals surface area contributed by atoms with E-state index in [0.29, 0.717) is 10.7 Å². The smallest absolute Gasteiger partial charge is 0.251 e. The van der Waals surface area contributed by atoms with Crippen molar-refractivity contribution in [3.05, 3.63) is 56.4 Å². The lowest BCUT2D eigenvalue weighted by atomic mass is 10.2. The highest BCUT2D eigenvalue weighted by molar-refractivity contribution is 9.10. The van der Waals surface area contributed by atoms with Crippen LogP contribution in [0, 0.1) is 0 Å². The number of hydrogen-bond donors (Lipinski definition) is 1. The van der Waals surface area contributed by atoms with Crippen molar-refractivity contribution in [3.8, 4) is 0 Å². The van der Waals surface area contributed by atoms with E-state index in [-0.39, 0.29) is 17.1 Å². The minimum absolute atomic E-state index is 0.00448. The molecule has 2 aromatic rings. The lowest BCUT2D eigenvalue weighted by Gasteiger charge is -2.03. The van der Waals surface area contributed by atoms with Gasteiger partial charge in [-0.1, -0.05) is 53.2 Å². The lowest BCUT2D eigenvalue weighted by Crippen LogP contribution is -2.11. The van der Waals surface area contributed by atoms with Gasteiger partial charge in [-0.3, -0.25) is 9.59 Å². The van der Waals surface area contributed by atoms with Crippen molar-refractivity contribution in [2.45, 2.75) is 24.9 Å². The van der Waals surface area contributed by atoms with Gasteiger partial charge >= 0.3 is 0 Å². The number of H-pyrrole nitrogens is 1. The van der Waals surface area contributed by atoms with Gasteiger partial charge in [0.25, 0.3) is 5.56 Å². The molecule has 21 heavy (non-hydrogen) atoms. The number of hydrogen-bond acceptors (Lipinski definition) is 4. The Balaban J connectivity index is 2.06. The zero-order valence-electron chi connectivity index (χ0n) is 11.6. The standard InChI is InChI=1S/C15H15BrN2O2S/c1-2-4-12-8-14(20)18-15(17-12)21-9-13(19)10-5-3-6-11(16)7-10/h3,5-8H,2,4,9H2,1H3,(H,17,18,20). The Kier molecular flexibility index (Phi) is 5.76. The van der Waals surface area contributed by atoms with E-state index in [1.165, 1.54) is 17.8 Å². The number of Topliss-reactive ketones (excluding diaryl/α,β-unsaturated/α-hetero) is 1. The molecule has 1 aromatic carbocycles. The van der Waals surface area contributed by atoms with Gasteiger partial charge in [0.05, 0.1) is 5.75 Å². The van der Waals surface area contributed by atoms with Crippen molar-refractivity contribution in [1.29, 1.82) is 0 Å². The number of halogens is 1. The second-order valence-corrected chi connectivity index (χ2v) is 6.39. The summed E-state index contributed by atoms with van der Waals surface area (Å²) in [4.78, 5) is 30.7. The number of ketones is 1. The Morgan fingerprint density at radius 3 is 2.90 bits per heavy atom. The van der Waals surface area contributed by atoms with E-state index < -0.39 is 0 Å². The van der Waals surface area contributed by atoms with Crippen LogP contribution >= 0.6 is 27.7 Å². The van der Waals surface area contributed by atoms with E-state index >= 15 is 0 Å². The molecule has 1 N–H and O–H groups in total. The maximum atomic E-state index is 12.1. The lowest BCUT2D eigenvalue weighted by molar-refractivity contribution is 0.102. The van der Waals surface area contributed by atoms with E-state index in [1.807, 2.05) is 19.1 Å². The molecule has 0 bridgehead atoms. The summed E-state index contributed by atoms with van der Waals surface area (Å²) in [5, 5.41) is 0.495. The van der Waals surface area contributed by atoms with Crippen molar-refractivity contribution < 1.29 is 4.79 Å². The molecule has 0 spiro atoms. The number of aromatic nitrogens is 2. The Morgan fingerprint density at radius 2 is 2.19 bits per heavy atom. The van der Waals surface area contributed by atoms with E-state index in [4.69, 9.17) is 0 Å². The normalized spacial score (nSPS) is 10.6. The molecule has 0 radical (unpaired) electrons. The van der Waals surface area contributed by atoms with Gasteiger partial charge in [-0.15, -0.1) is 0 Å². The van der Waals surface area contributed by atoms with Crippen LogP contribution in [0.25, 0.3) is 0 Å². The Bertz CT molecular complexity index is 700. The van der Waals surface area contributed by atoms with E-state index in [2.05, 4.69) is 25.9 Å². The fraction of sp³-hybridized carbons (Fsp3) is 0.267. The number of carbonyl (C=O) groups excluding carboxylic acids is 1. The number of aryl methyl sites for hydroxylation is 1. The summed E-state index contributed by atoms with van der Waals surface area (Å²) < 4.78 is 0.870. The monoisotopic (exact) mass is 366 g/mol. The summed E-state index contributed by atoms with van der Waals surface area (Å²) >= 11 is 4.60. The number of aromatic amines is 1. The van der Waals surface area contributed by atoms with Crippen molar-refractivity contribution in [2.24, 2.45) is 0 Å². The third-order valence-corrected chi connectivity index (χ3v) is 4.13. The topological polar surface area (TPSA) is 62.8 Å². The average Bonchev–Trinajstić information content (AvgIpc) is 2.44. The molecule has 0 aliphatic rings. The van der Waals surface area contributed by atoms with Crippen LogP contribution in [-0.2, 0) is 6.42 Å². The first-order valence-corrected chi connectivity index (χ1v) is 8.38. The first-order chi connectivity index (χ1) is 10.1. The summed E-state index contributed by atoms with van der Waals surface area (Å²) in [5.41, 5.74) is 1.23. The molecule has 0 aliphatic heterocycles. The van der Waals surface area contributed by atoms with Crippen LogP contribution in [-0.4, -0.2) is 21.5 Å². The average molecular weight is 367 g/mol. The zero-order chi connectivity index (χ0) is 15.2. The van der Waals surface area contributed by atoms with Crippen LogP contribution in [0.4, 0.5) is 0 Å². The number of carbonyl (C=O) groups is 1. The Labute approximate surface area is 135 Å². The summed E-state index contributed by atoms with van der Waals surface area (Å²) in [6.45, 7) is 2.03. The molecule has 0 amide bonds. The molecule has 1 aromatic heterocycles. The molecular weight excluding hydrogens is 352 g/mol. The van der Waals surface area contributed by atoms with Crippen molar-refractivity contribution in [2.75, 3.05) is 5.75 Å². The number of benzene rings is 1. The van der Waals surface area contributed by atoms with Crippen molar-refractivity contribution in [3.63, 3.8) is 0 Å². The highest BCUT2D eigenvalue weighted by atomic mass is 79.9. The van der Waals surface area contributed by atoms with Gasteiger partial charge in [-0.25, -0.2) is 4.98 Å². The van der Waals surface area contributed by atoms with Crippen LogP contribution in [0.15, 0.2) is 44.8 Å². The number of thioether (sulfide) groups is 1. The van der Waals surface area contributed by atoms with Gasteiger partial charge in [-0.2, -0.15) is 0 Å². The fourth-order valence-corrected chi connectivity index (χ4v) is 3.00. The largest absolute Gasteiger partial charge is 0.301 e. The maximum Gasteiger partial charge on any atom is 0.251 e. The summed E-state index contributed by atoms with van der Waals surface area (Å²) in [6.07, 6.45) is 1.69. The van der Waals surface area contributed by atoms with Crippen molar-refractivity contribution >= 4 is 33.5 Å². The van der Waals surface area contributed by atoms with Crippen molar-refractivity contribution in [1.82, 2.24) is 9.97 Å². The van der Waals surface area contributed by atoms with Crippen LogP contribution in [0.1, 0.15) is 29.4 Å². The SMILES string of the molecule is CCCc1cc(=O)[nH]c(SCC(=O)c2cccc(Br)c2)n1. The molecule has 4 nitrogen and oxygen atoms in total. The summed E-state index contributed by atoms with van der Waals surface area (Å²) in [6, 6.07) is 8.76. The second-order valence-electron chi connectivity index (χ2n) is 4.51. The molecule has 2 rings (SSSR count). The van der Waals surface area contributed by atoms with E-state index in [9.17, 15) is 9.59 Å². The minimum atomic E-state index is -0.175. The summed E-state index contributed by atoms with van der Waals surface area (Å²) in [5.74, 6) is 0.249. The predicted molar refractivity (Wildman–Crippen MR) is 88.0 cm³/mol. The molecule has 1 heterocycles. The molecule has 0 saturated carbocycles. The number of nitrogens with one attached hydrogen (secondary N) is 1. The van der Waals surface area contributed by atoms with Gasteiger partial charge in [0.1, 0.15) is 0 Å². The molecule has 0 saturated heterocycles. The first-order valence-electron chi connectivity index (χ1n) is 6.60. The van der Waals surface area contributed by atoms with E-state index in [0.717, 1.165) is 23.0 Å². The highest BCUT2D eigenvalue weighted by Crippen LogP contribution is 2.17. The van der Waals surface area contributed by atoms with Crippen LogP contribution in [0.5, 0.6) is 0 Å². The second kappa shape index (κ2) is 7.56. The Morgan fingerprint density at radius 1 is 1.38 bits per heavy atom. The number of nitrogens with zero attached hydrogens (tertiary/aromatic N) is 1. The van der Waals surface area contributed by atoms with Gasteiger partial charge in [0.15, 0.2) is 10.9 Å². The molecule has 0 aliphatic carbocycles. The molecular formula is C15H15BrN2O2S. The summed E-state index contributed by atoms with van der Waals surface area (Å²) in [7, 11) is 0. The predicted octanol–water partition coefficient (Wildman–Crippen LogP) is 3.46. The molecule has 110 valence electrons. The van der Waals surface area contributed by atoms with E-state index in [1.54, 1.807) is 12.1 Å². The quantitative estimate of drug-likeness (QED) is 0.483. The minimum Gasteiger partial charge on any atom is -0.301 e. The third kappa shape index (κ3) is 4.82. The van der Waals surface area contributed by atoms with Crippen LogP contribution in [0.2, 0.25) is 0 Å². The first kappa shape index (κ1) is 16.0. The molecule has 0 fully saturated rings. The fourth-order valence-electron chi connectivity index (χ4n) is 1.82. The Hall–Kier alpha value is -1.40. The number of rotatable bonds is 6. The van der Waals surface area contributed by atoms with Gasteiger partial charge in [0, 0.05) is 21.8 Å². The van der Waals surface area contributed by atoms with Gasteiger partial charge in [0.2, 0.25) is 0 Å². The van der Waals surface area contributed by atoms with Gasteiger partial charge < -0.3 is 4.98 Å². The molecule has 0 atom stereocenters. The highest BCUT2D eigenvalue weighted by Gasteiger charge is 2.09. The molecule has 6 heteroatoms. The molecule has 0 unspecified atom stereocenters. The zero-order valence-corrected chi connectivity index (χ0v) is 14.0.